The van der Waals surface area contributed by atoms with E-state index in [4.69, 9.17) is 16.3 Å². The number of carbonyl (C=O) groups excluding carboxylic acids is 3. The van der Waals surface area contributed by atoms with E-state index in [9.17, 15) is 14.4 Å². The lowest BCUT2D eigenvalue weighted by atomic mass is 10.0. The number of hydrogen-bond donors (Lipinski definition) is 1. The van der Waals surface area contributed by atoms with Crippen LogP contribution in [0.25, 0.3) is 6.08 Å². The predicted molar refractivity (Wildman–Crippen MR) is 132 cm³/mol. The molecule has 0 bridgehead atoms. The molecule has 0 saturated carbocycles. The third-order valence-electron chi connectivity index (χ3n) is 5.44. The van der Waals surface area contributed by atoms with E-state index in [1.807, 2.05) is 44.2 Å². The molecule has 0 radical (unpaired) electrons. The molecule has 172 valence electrons. The van der Waals surface area contributed by atoms with Gasteiger partial charge in [0.25, 0.3) is 11.8 Å². The third-order valence-corrected chi connectivity index (χ3v) is 5.68. The van der Waals surface area contributed by atoms with Gasteiger partial charge in [-0.25, -0.2) is 9.69 Å². The van der Waals surface area contributed by atoms with Gasteiger partial charge in [0, 0.05) is 10.6 Å². The number of ether oxygens (including phenoxy) is 1. The van der Waals surface area contributed by atoms with Gasteiger partial charge in [0.05, 0.1) is 5.69 Å². The van der Waals surface area contributed by atoms with Gasteiger partial charge in [0.1, 0.15) is 17.9 Å². The molecule has 34 heavy (non-hydrogen) atoms. The largest absolute Gasteiger partial charge is 0.488 e. The van der Waals surface area contributed by atoms with E-state index in [2.05, 4.69) is 5.32 Å². The Morgan fingerprint density at radius 2 is 1.71 bits per heavy atom. The molecule has 4 amide bonds. The Bertz CT molecular complexity index is 1350. The molecule has 0 aromatic heterocycles. The summed E-state index contributed by atoms with van der Waals surface area (Å²) in [5.74, 6) is -1.04. The molecule has 6 nitrogen and oxygen atoms in total. The van der Waals surface area contributed by atoms with Gasteiger partial charge in [0.2, 0.25) is 0 Å². The minimum absolute atomic E-state index is 0.192. The number of amides is 4. The predicted octanol–water partition coefficient (Wildman–Crippen LogP) is 5.51. The van der Waals surface area contributed by atoms with Crippen LogP contribution in [0.1, 0.15) is 27.8 Å². The second kappa shape index (κ2) is 9.53. The van der Waals surface area contributed by atoms with E-state index in [0.29, 0.717) is 28.6 Å². The zero-order valence-corrected chi connectivity index (χ0v) is 19.8. The summed E-state index contributed by atoms with van der Waals surface area (Å²) in [6, 6.07) is 17.4. The van der Waals surface area contributed by atoms with Crippen molar-refractivity contribution in [3.63, 3.8) is 0 Å². The lowest BCUT2D eigenvalue weighted by Gasteiger charge is -2.27. The van der Waals surface area contributed by atoms with Crippen molar-refractivity contribution in [3.05, 3.63) is 99.1 Å². The summed E-state index contributed by atoms with van der Waals surface area (Å²) in [5, 5.41) is 2.67. The first-order valence-corrected chi connectivity index (χ1v) is 11.1. The third kappa shape index (κ3) is 4.87. The van der Waals surface area contributed by atoms with Crippen molar-refractivity contribution in [2.24, 2.45) is 0 Å². The highest BCUT2D eigenvalue weighted by atomic mass is 35.5. The van der Waals surface area contributed by atoms with Crippen LogP contribution in [0.15, 0.2) is 66.2 Å². The van der Waals surface area contributed by atoms with Gasteiger partial charge < -0.3 is 4.74 Å². The molecule has 3 aromatic carbocycles. The van der Waals surface area contributed by atoms with Crippen LogP contribution in [-0.4, -0.2) is 17.8 Å². The van der Waals surface area contributed by atoms with Crippen LogP contribution in [0.3, 0.4) is 0 Å². The van der Waals surface area contributed by atoms with E-state index in [1.165, 1.54) is 6.08 Å². The van der Waals surface area contributed by atoms with Crippen molar-refractivity contribution in [2.45, 2.75) is 27.4 Å². The lowest BCUT2D eigenvalue weighted by molar-refractivity contribution is -0.122. The average Bonchev–Trinajstić information content (AvgIpc) is 2.77. The number of rotatable bonds is 5. The summed E-state index contributed by atoms with van der Waals surface area (Å²) in [6.07, 6.45) is 1.40. The second-order valence-electron chi connectivity index (χ2n) is 8.21. The van der Waals surface area contributed by atoms with E-state index in [0.717, 1.165) is 27.2 Å². The number of hydrogen-bond acceptors (Lipinski definition) is 4. The number of nitrogens with zero attached hydrogens (tertiary/aromatic N) is 1. The molecular weight excluding hydrogens is 452 g/mol. The van der Waals surface area contributed by atoms with Gasteiger partial charge in [-0.2, -0.15) is 0 Å². The quantitative estimate of drug-likeness (QED) is 0.390. The number of imide groups is 2. The molecule has 4 rings (SSSR count). The fourth-order valence-corrected chi connectivity index (χ4v) is 4.00. The molecule has 1 heterocycles. The fraction of sp³-hybridized carbons (Fsp3) is 0.148. The molecule has 1 N–H and O–H groups in total. The van der Waals surface area contributed by atoms with E-state index >= 15 is 0 Å². The van der Waals surface area contributed by atoms with Crippen molar-refractivity contribution < 1.29 is 19.1 Å². The zero-order chi connectivity index (χ0) is 24.4. The van der Waals surface area contributed by atoms with Gasteiger partial charge in [-0.05, 0) is 62.2 Å². The molecule has 0 aliphatic carbocycles. The average molecular weight is 475 g/mol. The summed E-state index contributed by atoms with van der Waals surface area (Å²) in [6.45, 7) is 6.02. The standard InChI is InChI=1S/C27H23ClN2O4/c1-16-5-4-6-19(12-16)15-34-24-10-8-21(28)13-20(24)14-22-25(31)29-27(33)30(26(22)32)23-9-7-17(2)11-18(23)3/h4-14H,15H2,1-3H3,(H,29,31,33)/b22-14+. The van der Waals surface area contributed by atoms with Gasteiger partial charge >= 0.3 is 6.03 Å². The van der Waals surface area contributed by atoms with Crippen molar-refractivity contribution in [1.82, 2.24) is 5.32 Å². The van der Waals surface area contributed by atoms with Crippen molar-refractivity contribution in [3.8, 4) is 5.75 Å². The Balaban J connectivity index is 1.69. The summed E-state index contributed by atoms with van der Waals surface area (Å²) < 4.78 is 5.98. The number of halogens is 1. The molecule has 1 aliphatic heterocycles. The first kappa shape index (κ1) is 23.3. The normalized spacial score (nSPS) is 15.0. The topological polar surface area (TPSA) is 75.7 Å². The number of aryl methyl sites for hydroxylation is 3. The highest BCUT2D eigenvalue weighted by Gasteiger charge is 2.37. The van der Waals surface area contributed by atoms with Gasteiger partial charge in [-0.3, -0.25) is 14.9 Å². The number of carbonyl (C=O) groups is 3. The second-order valence-corrected chi connectivity index (χ2v) is 8.64. The molecule has 0 atom stereocenters. The molecule has 3 aromatic rings. The highest BCUT2D eigenvalue weighted by Crippen LogP contribution is 2.29. The van der Waals surface area contributed by atoms with Crippen LogP contribution in [0, 0.1) is 20.8 Å². The highest BCUT2D eigenvalue weighted by molar-refractivity contribution is 6.39. The number of barbiturate groups is 1. The minimum atomic E-state index is -0.791. The molecule has 1 aliphatic rings. The Hall–Kier alpha value is -3.90. The minimum Gasteiger partial charge on any atom is -0.488 e. The Kier molecular flexibility index (Phi) is 6.52. The number of nitrogens with one attached hydrogen (secondary N) is 1. The maximum atomic E-state index is 13.3. The summed E-state index contributed by atoms with van der Waals surface area (Å²) in [5.41, 5.74) is 4.49. The van der Waals surface area contributed by atoms with Crippen LogP contribution in [0.2, 0.25) is 5.02 Å². The van der Waals surface area contributed by atoms with Crippen LogP contribution in [0.5, 0.6) is 5.75 Å². The fourth-order valence-electron chi connectivity index (χ4n) is 3.81. The molecular formula is C27H23ClN2O4. The summed E-state index contributed by atoms with van der Waals surface area (Å²) in [4.78, 5) is 39.5. The first-order chi connectivity index (χ1) is 16.2. The van der Waals surface area contributed by atoms with Gasteiger partial charge in [-0.15, -0.1) is 0 Å². The van der Waals surface area contributed by atoms with Gasteiger partial charge in [0.15, 0.2) is 0 Å². The van der Waals surface area contributed by atoms with E-state index in [-0.39, 0.29) is 5.57 Å². The molecule has 0 spiro atoms. The van der Waals surface area contributed by atoms with E-state index in [1.54, 1.807) is 37.3 Å². The smallest absolute Gasteiger partial charge is 0.335 e. The maximum absolute atomic E-state index is 13.3. The molecule has 1 saturated heterocycles. The Morgan fingerprint density at radius 3 is 2.44 bits per heavy atom. The van der Waals surface area contributed by atoms with Crippen molar-refractivity contribution in [2.75, 3.05) is 4.90 Å². The van der Waals surface area contributed by atoms with Crippen LogP contribution in [-0.2, 0) is 16.2 Å². The summed E-state index contributed by atoms with van der Waals surface area (Å²) >= 11 is 6.19. The Morgan fingerprint density at radius 1 is 0.941 bits per heavy atom. The molecule has 1 fully saturated rings. The Labute approximate surface area is 202 Å². The lowest BCUT2D eigenvalue weighted by Crippen LogP contribution is -2.54. The molecule has 0 unspecified atom stereocenters. The van der Waals surface area contributed by atoms with Crippen LogP contribution >= 0.6 is 11.6 Å². The van der Waals surface area contributed by atoms with Crippen LogP contribution < -0.4 is 15.0 Å². The van der Waals surface area contributed by atoms with E-state index < -0.39 is 17.8 Å². The zero-order valence-electron chi connectivity index (χ0n) is 19.0. The monoisotopic (exact) mass is 474 g/mol. The maximum Gasteiger partial charge on any atom is 0.335 e. The van der Waals surface area contributed by atoms with Gasteiger partial charge in [-0.1, -0.05) is 59.1 Å². The number of benzene rings is 3. The number of anilines is 1. The number of urea groups is 1. The van der Waals surface area contributed by atoms with Crippen molar-refractivity contribution in [1.29, 1.82) is 0 Å². The van der Waals surface area contributed by atoms with Crippen molar-refractivity contribution >= 4 is 41.2 Å². The summed E-state index contributed by atoms with van der Waals surface area (Å²) in [7, 11) is 0. The SMILES string of the molecule is Cc1cccc(COc2ccc(Cl)cc2/C=C2\C(=O)NC(=O)N(c3ccc(C)cc3C)C2=O)c1. The first-order valence-electron chi connectivity index (χ1n) is 10.7. The van der Waals surface area contributed by atoms with Crippen LogP contribution in [0.4, 0.5) is 10.5 Å². The molecule has 7 heteroatoms.